The van der Waals surface area contributed by atoms with Crippen LogP contribution in [0.3, 0.4) is 0 Å². The van der Waals surface area contributed by atoms with Gasteiger partial charge in [-0.3, -0.25) is 4.79 Å². The minimum Gasteiger partial charge on any atom is -0.349 e. The molecule has 1 aliphatic rings. The van der Waals surface area contributed by atoms with Crippen LogP contribution in [0, 0.1) is 0 Å². The largest absolute Gasteiger partial charge is 0.446 e. The molecule has 1 heterocycles. The molecule has 86 valence electrons. The number of nitrogens with one attached hydrogen (secondary N) is 1. The van der Waals surface area contributed by atoms with Gasteiger partial charge in [0.1, 0.15) is 0 Å². The molecule has 1 fully saturated rings. The summed E-state index contributed by atoms with van der Waals surface area (Å²) in [5.74, 6) is -0.0289. The highest BCUT2D eigenvalue weighted by Gasteiger charge is 2.30. The van der Waals surface area contributed by atoms with E-state index in [2.05, 4.69) is 5.32 Å². The Labute approximate surface area is 94.2 Å². The Morgan fingerprint density at radius 3 is 2.25 bits per heavy atom. The first-order valence-corrected chi connectivity index (χ1v) is 5.41. The Bertz CT molecular complexity index is 394. The van der Waals surface area contributed by atoms with Crippen molar-refractivity contribution in [2.75, 3.05) is 0 Å². The van der Waals surface area contributed by atoms with E-state index < -0.39 is 5.51 Å². The van der Waals surface area contributed by atoms with Crippen molar-refractivity contribution in [2.24, 2.45) is 0 Å². The fraction of sp³-hybridized carbons (Fsp3) is 0.300. The third-order valence-corrected chi connectivity index (χ3v) is 2.98. The van der Waals surface area contributed by atoms with Gasteiger partial charge in [0.25, 0.3) is 0 Å². The minimum absolute atomic E-state index is 0.0289. The normalized spacial score (nSPS) is 20.2. The van der Waals surface area contributed by atoms with Gasteiger partial charge in [-0.1, -0.05) is 12.1 Å². The number of carbonyl (C=O) groups excluding carboxylic acids is 1. The van der Waals surface area contributed by atoms with Crippen LogP contribution in [0.1, 0.15) is 18.0 Å². The lowest BCUT2D eigenvalue weighted by molar-refractivity contribution is -0.128. The lowest BCUT2D eigenvalue weighted by Crippen LogP contribution is -2.41. The Balaban J connectivity index is 2.02. The van der Waals surface area contributed by atoms with Gasteiger partial charge in [-0.15, -0.1) is 0 Å². The summed E-state index contributed by atoms with van der Waals surface area (Å²) in [7, 11) is 0. The fourth-order valence-corrected chi connectivity index (χ4v) is 2.00. The molecule has 2 nitrogen and oxygen atoms in total. The number of halogens is 3. The summed E-state index contributed by atoms with van der Waals surface area (Å²) in [5, 5.41) is 2.66. The zero-order valence-electron chi connectivity index (χ0n) is 8.04. The fourth-order valence-electron chi connectivity index (χ4n) is 1.46. The number of benzene rings is 1. The van der Waals surface area contributed by atoms with Gasteiger partial charge in [0.05, 0.1) is 12.5 Å². The van der Waals surface area contributed by atoms with E-state index in [4.69, 9.17) is 0 Å². The summed E-state index contributed by atoms with van der Waals surface area (Å²) in [6, 6.07) is 6.00. The predicted octanol–water partition coefficient (Wildman–Crippen LogP) is 2.86. The molecule has 0 aliphatic carbocycles. The number of β-lactam (4-membered cyclic amide) rings is 1. The maximum atomic E-state index is 12.0. The number of amides is 1. The quantitative estimate of drug-likeness (QED) is 0.643. The van der Waals surface area contributed by atoms with E-state index in [-0.39, 0.29) is 28.6 Å². The molecule has 1 atom stereocenters. The topological polar surface area (TPSA) is 29.1 Å². The van der Waals surface area contributed by atoms with Gasteiger partial charge < -0.3 is 5.32 Å². The number of alkyl halides is 3. The Hall–Kier alpha value is -1.17. The van der Waals surface area contributed by atoms with Gasteiger partial charge in [-0.05, 0) is 29.5 Å². The number of rotatable bonds is 2. The second-order valence-corrected chi connectivity index (χ2v) is 4.58. The van der Waals surface area contributed by atoms with Crippen LogP contribution in [0.5, 0.6) is 0 Å². The Morgan fingerprint density at radius 1 is 1.25 bits per heavy atom. The van der Waals surface area contributed by atoms with Crippen molar-refractivity contribution >= 4 is 17.7 Å². The first kappa shape index (κ1) is 11.3. The van der Waals surface area contributed by atoms with E-state index in [1.807, 2.05) is 0 Å². The van der Waals surface area contributed by atoms with Crippen molar-refractivity contribution in [2.45, 2.75) is 22.9 Å². The molecule has 6 heteroatoms. The molecule has 2 rings (SSSR count). The Morgan fingerprint density at radius 2 is 1.81 bits per heavy atom. The highest BCUT2D eigenvalue weighted by Crippen LogP contribution is 2.37. The van der Waals surface area contributed by atoms with Crippen molar-refractivity contribution in [3.63, 3.8) is 0 Å². The van der Waals surface area contributed by atoms with Crippen molar-refractivity contribution in [3.05, 3.63) is 29.8 Å². The second kappa shape index (κ2) is 4.01. The van der Waals surface area contributed by atoms with Crippen LogP contribution in [0.15, 0.2) is 29.2 Å². The average Bonchev–Trinajstić information content (AvgIpc) is 2.12. The van der Waals surface area contributed by atoms with Crippen molar-refractivity contribution in [3.8, 4) is 0 Å². The summed E-state index contributed by atoms with van der Waals surface area (Å²) in [6.07, 6.45) is 0.408. The second-order valence-electron chi connectivity index (χ2n) is 3.44. The zero-order chi connectivity index (χ0) is 11.8. The van der Waals surface area contributed by atoms with Crippen LogP contribution in [-0.2, 0) is 4.79 Å². The molecule has 1 amide bonds. The van der Waals surface area contributed by atoms with E-state index in [1.54, 1.807) is 12.1 Å². The molecule has 1 aromatic carbocycles. The van der Waals surface area contributed by atoms with Gasteiger partial charge in [0.15, 0.2) is 0 Å². The number of thioether (sulfide) groups is 1. The van der Waals surface area contributed by atoms with E-state index in [9.17, 15) is 18.0 Å². The van der Waals surface area contributed by atoms with Crippen molar-refractivity contribution < 1.29 is 18.0 Å². The summed E-state index contributed by atoms with van der Waals surface area (Å²) < 4.78 is 36.1. The molecule has 1 N–H and O–H groups in total. The molecule has 1 aromatic rings. The SMILES string of the molecule is O=C1CC(c2ccc(SC(F)(F)F)cc2)N1. The van der Waals surface area contributed by atoms with Crippen LogP contribution in [-0.4, -0.2) is 11.4 Å². The van der Waals surface area contributed by atoms with Crippen molar-refractivity contribution in [1.29, 1.82) is 0 Å². The van der Waals surface area contributed by atoms with Gasteiger partial charge >= 0.3 is 5.51 Å². The molecule has 1 unspecified atom stereocenters. The maximum absolute atomic E-state index is 12.0. The zero-order valence-corrected chi connectivity index (χ0v) is 8.86. The minimum atomic E-state index is -4.26. The first-order valence-electron chi connectivity index (χ1n) is 4.59. The van der Waals surface area contributed by atoms with Crippen LogP contribution in [0.4, 0.5) is 13.2 Å². The molecule has 0 saturated carbocycles. The molecule has 1 saturated heterocycles. The van der Waals surface area contributed by atoms with Crippen LogP contribution in [0.2, 0.25) is 0 Å². The molecule has 0 aromatic heterocycles. The summed E-state index contributed by atoms with van der Waals surface area (Å²) >= 11 is -0.140. The predicted molar refractivity (Wildman–Crippen MR) is 53.9 cm³/mol. The highest BCUT2D eigenvalue weighted by atomic mass is 32.2. The van der Waals surface area contributed by atoms with Crippen LogP contribution >= 0.6 is 11.8 Å². The van der Waals surface area contributed by atoms with E-state index in [1.165, 1.54) is 12.1 Å². The smallest absolute Gasteiger partial charge is 0.349 e. The van der Waals surface area contributed by atoms with Crippen LogP contribution < -0.4 is 5.32 Å². The first-order chi connectivity index (χ1) is 7.44. The number of hydrogen-bond donors (Lipinski definition) is 1. The number of hydrogen-bond acceptors (Lipinski definition) is 2. The molecular weight excluding hydrogens is 239 g/mol. The third-order valence-electron chi connectivity index (χ3n) is 2.24. The van der Waals surface area contributed by atoms with E-state index >= 15 is 0 Å². The van der Waals surface area contributed by atoms with Gasteiger partial charge in [0, 0.05) is 4.90 Å². The monoisotopic (exact) mass is 247 g/mol. The summed E-state index contributed by atoms with van der Waals surface area (Å²) in [5.41, 5.74) is -3.42. The molecule has 0 radical (unpaired) electrons. The van der Waals surface area contributed by atoms with Crippen molar-refractivity contribution in [1.82, 2.24) is 5.32 Å². The number of carbonyl (C=O) groups is 1. The molecular formula is C10H8F3NOS. The van der Waals surface area contributed by atoms with Gasteiger partial charge in [-0.25, -0.2) is 0 Å². The molecule has 16 heavy (non-hydrogen) atoms. The summed E-state index contributed by atoms with van der Waals surface area (Å²) in [6.45, 7) is 0. The highest BCUT2D eigenvalue weighted by molar-refractivity contribution is 8.00. The third kappa shape index (κ3) is 2.69. The lowest BCUT2D eigenvalue weighted by Gasteiger charge is -2.27. The molecule has 0 spiro atoms. The standard InChI is InChI=1S/C10H8F3NOS/c11-10(12,13)16-7-3-1-6(2-4-7)8-5-9(15)14-8/h1-4,8H,5H2,(H,14,15). The van der Waals surface area contributed by atoms with E-state index in [0.717, 1.165) is 5.56 Å². The van der Waals surface area contributed by atoms with E-state index in [0.29, 0.717) is 6.42 Å². The van der Waals surface area contributed by atoms with Gasteiger partial charge in [-0.2, -0.15) is 13.2 Å². The molecule has 0 bridgehead atoms. The maximum Gasteiger partial charge on any atom is 0.446 e. The summed E-state index contributed by atoms with van der Waals surface area (Å²) in [4.78, 5) is 10.8. The lowest BCUT2D eigenvalue weighted by atomic mass is 9.97. The average molecular weight is 247 g/mol. The Kier molecular flexibility index (Phi) is 2.84. The van der Waals surface area contributed by atoms with Gasteiger partial charge in [0.2, 0.25) is 5.91 Å². The van der Waals surface area contributed by atoms with Crippen LogP contribution in [0.25, 0.3) is 0 Å². The molecule has 1 aliphatic heterocycles.